The summed E-state index contributed by atoms with van der Waals surface area (Å²) in [6.45, 7) is 9.24. The van der Waals surface area contributed by atoms with E-state index in [1.807, 2.05) is 57.5 Å². The van der Waals surface area contributed by atoms with E-state index in [0.717, 1.165) is 41.8 Å². The van der Waals surface area contributed by atoms with E-state index in [1.54, 1.807) is 9.75 Å². The molecule has 3 nitrogen and oxygen atoms in total. The number of fused-ring (bicyclic) bond motifs is 4. The number of benzene rings is 2. The number of rotatable bonds is 13. The van der Waals surface area contributed by atoms with Gasteiger partial charge in [-0.05, 0) is 116 Å². The molecule has 0 amide bonds. The number of hydrogen-bond donors (Lipinski definition) is 0. The van der Waals surface area contributed by atoms with Gasteiger partial charge < -0.3 is 0 Å². The van der Waals surface area contributed by atoms with Crippen molar-refractivity contribution >= 4 is 157 Å². The summed E-state index contributed by atoms with van der Waals surface area (Å²) in [7, 11) is 0. The van der Waals surface area contributed by atoms with Gasteiger partial charge in [-0.25, -0.2) is 0 Å². The standard InChI is InChI=1S/C21H22BrNS3.C14H20S2.C6H2Br2N2S/c1-3-5-6-13(4-2)9-14-10-19-20(25-14)11-18(26-19)15-7-8-17(22)16-12-24-23-21(15)16;1-3-5-6-11(4-2)9-12-10-14-13(16-12)7-8-15-14;7-3-1-2-4(8)6-5(3)9-11-10-6/h7-8,10-13H,3-6,9H2,1-2H3;7-8,10-11H,3-6,9H2,1-2H3;1-2H. The van der Waals surface area contributed by atoms with Crippen LogP contribution >= 0.6 is 116 Å². The molecule has 0 N–H and O–H groups in total. The minimum atomic E-state index is 0.836. The third-order valence-corrected chi connectivity index (χ3v) is 17.2. The molecule has 0 fully saturated rings. The molecular formula is C41H44Br3N3S6. The highest BCUT2D eigenvalue weighted by molar-refractivity contribution is 9.11. The second-order valence-corrected chi connectivity index (χ2v) is 21.4. The van der Waals surface area contributed by atoms with Gasteiger partial charge in [0.25, 0.3) is 0 Å². The normalized spacial score (nSPS) is 12.7. The zero-order valence-corrected chi connectivity index (χ0v) is 40.1. The number of halogens is 3. The molecule has 12 heteroatoms. The number of thiophene rings is 4. The molecule has 8 rings (SSSR count). The van der Waals surface area contributed by atoms with E-state index in [4.69, 9.17) is 0 Å². The van der Waals surface area contributed by atoms with Crippen LogP contribution in [0.25, 0.3) is 51.2 Å². The van der Waals surface area contributed by atoms with Gasteiger partial charge in [0.15, 0.2) is 0 Å². The average molecular weight is 1010 g/mol. The Morgan fingerprint density at radius 1 is 0.604 bits per heavy atom. The number of unbranched alkanes of at least 4 members (excludes halogenated alkanes) is 2. The number of nitrogens with zero attached hydrogens (tertiary/aromatic N) is 3. The maximum absolute atomic E-state index is 4.63. The minimum Gasteiger partial charge on any atom is -0.192 e. The lowest BCUT2D eigenvalue weighted by atomic mass is 9.95. The van der Waals surface area contributed by atoms with Crippen molar-refractivity contribution < 1.29 is 0 Å². The molecule has 0 radical (unpaired) electrons. The van der Waals surface area contributed by atoms with Crippen molar-refractivity contribution in [1.82, 2.24) is 13.1 Å². The summed E-state index contributed by atoms with van der Waals surface area (Å²) >= 11 is 20.9. The van der Waals surface area contributed by atoms with Gasteiger partial charge in [0.2, 0.25) is 0 Å². The molecular weight excluding hydrogens is 967 g/mol. The smallest absolute Gasteiger partial charge is 0.120 e. The number of aromatic nitrogens is 3. The highest BCUT2D eigenvalue weighted by atomic mass is 79.9. The van der Waals surface area contributed by atoms with Gasteiger partial charge in [-0.3, -0.25) is 0 Å². The van der Waals surface area contributed by atoms with E-state index in [-0.39, 0.29) is 0 Å². The molecule has 0 aliphatic rings. The van der Waals surface area contributed by atoms with Crippen molar-refractivity contribution in [2.75, 3.05) is 0 Å². The summed E-state index contributed by atoms with van der Waals surface area (Å²) in [5.41, 5.74) is 4.21. The zero-order chi connectivity index (χ0) is 37.3. The fourth-order valence-corrected chi connectivity index (χ4v) is 14.1. The first-order valence-corrected chi connectivity index (χ1v) is 25.7. The van der Waals surface area contributed by atoms with Gasteiger partial charge in [0.05, 0.1) is 17.2 Å². The lowest BCUT2D eigenvalue weighted by Gasteiger charge is -2.12. The van der Waals surface area contributed by atoms with Crippen LogP contribution in [0.15, 0.2) is 72.7 Å². The third-order valence-electron chi connectivity index (χ3n) is 9.58. The Labute approximate surface area is 363 Å². The van der Waals surface area contributed by atoms with E-state index < -0.39 is 0 Å². The van der Waals surface area contributed by atoms with E-state index in [9.17, 15) is 0 Å². The van der Waals surface area contributed by atoms with Crippen LogP contribution in [0.1, 0.15) is 88.8 Å². The van der Waals surface area contributed by atoms with Crippen molar-refractivity contribution in [3.8, 4) is 10.4 Å². The summed E-state index contributed by atoms with van der Waals surface area (Å²) in [5.74, 6) is 1.73. The Kier molecular flexibility index (Phi) is 16.0. The number of hydrogen-bond acceptors (Lipinski definition) is 9. The van der Waals surface area contributed by atoms with Gasteiger partial charge in [-0.2, -0.15) is 13.1 Å². The molecule has 2 aromatic carbocycles. The SMILES string of the molecule is Brc1ccc(Br)c2nsnc12.CCCCC(CC)Cc1cc2sc(-c3ccc(Br)c4csnc34)cc2s1.CCCCC(CC)Cc1cc2sccc2s1. The van der Waals surface area contributed by atoms with Crippen molar-refractivity contribution in [2.24, 2.45) is 11.8 Å². The van der Waals surface area contributed by atoms with Crippen molar-refractivity contribution in [1.29, 1.82) is 0 Å². The molecule has 53 heavy (non-hydrogen) atoms. The zero-order valence-electron chi connectivity index (χ0n) is 30.4. The fraction of sp³-hybridized carbons (Fsp3) is 0.390. The molecule has 2 atom stereocenters. The monoisotopic (exact) mass is 1010 g/mol. The van der Waals surface area contributed by atoms with Gasteiger partial charge >= 0.3 is 0 Å². The quantitative estimate of drug-likeness (QED) is 0.116. The molecule has 0 aliphatic heterocycles. The van der Waals surface area contributed by atoms with E-state index in [0.29, 0.717) is 0 Å². The summed E-state index contributed by atoms with van der Waals surface area (Å²) < 4.78 is 21.8. The van der Waals surface area contributed by atoms with Gasteiger partial charge in [-0.1, -0.05) is 101 Å². The van der Waals surface area contributed by atoms with Crippen LogP contribution in [0.5, 0.6) is 0 Å². The lowest BCUT2D eigenvalue weighted by Crippen LogP contribution is -2.01. The van der Waals surface area contributed by atoms with Crippen molar-refractivity contribution in [3.63, 3.8) is 0 Å². The summed E-state index contributed by atoms with van der Waals surface area (Å²) in [6, 6.07) is 17.7. The fourth-order valence-electron chi connectivity index (χ4n) is 6.42. The van der Waals surface area contributed by atoms with E-state index in [2.05, 4.69) is 136 Å². The van der Waals surface area contributed by atoms with Crippen LogP contribution in [-0.2, 0) is 12.8 Å². The van der Waals surface area contributed by atoms with Crippen LogP contribution in [-0.4, -0.2) is 13.1 Å². The Morgan fingerprint density at radius 3 is 1.77 bits per heavy atom. The summed E-state index contributed by atoms with van der Waals surface area (Å²) in [5, 5.41) is 5.53. The maximum atomic E-state index is 4.63. The minimum absolute atomic E-state index is 0.836. The first-order chi connectivity index (χ1) is 25.8. The predicted molar refractivity (Wildman–Crippen MR) is 253 cm³/mol. The molecule has 6 heterocycles. The molecule has 6 aromatic heterocycles. The second-order valence-electron chi connectivity index (χ2n) is 13.3. The Bertz CT molecular complexity index is 2250. The molecule has 0 saturated heterocycles. The van der Waals surface area contributed by atoms with Crippen LogP contribution in [0, 0.1) is 11.8 Å². The van der Waals surface area contributed by atoms with Gasteiger partial charge in [0, 0.05) is 63.2 Å². The average Bonchev–Trinajstić information content (AvgIpc) is 4.01. The van der Waals surface area contributed by atoms with Crippen molar-refractivity contribution in [3.05, 3.63) is 82.5 Å². The molecule has 280 valence electrons. The van der Waals surface area contributed by atoms with Crippen molar-refractivity contribution in [2.45, 2.75) is 91.9 Å². The van der Waals surface area contributed by atoms with Crippen LogP contribution in [0.2, 0.25) is 0 Å². The largest absolute Gasteiger partial charge is 0.192 e. The van der Waals surface area contributed by atoms with E-state index in [1.165, 1.54) is 122 Å². The Balaban J connectivity index is 0.000000151. The van der Waals surface area contributed by atoms with Gasteiger partial charge in [0.1, 0.15) is 11.0 Å². The van der Waals surface area contributed by atoms with Crippen LogP contribution in [0.3, 0.4) is 0 Å². The molecule has 0 saturated carbocycles. The first-order valence-electron chi connectivity index (χ1n) is 18.4. The van der Waals surface area contributed by atoms with Gasteiger partial charge in [-0.15, -0.1) is 45.3 Å². The highest BCUT2D eigenvalue weighted by Gasteiger charge is 2.16. The maximum Gasteiger partial charge on any atom is 0.120 e. The summed E-state index contributed by atoms with van der Waals surface area (Å²) in [6.07, 6.45) is 13.3. The molecule has 0 bridgehead atoms. The van der Waals surface area contributed by atoms with Crippen LogP contribution in [0.4, 0.5) is 0 Å². The predicted octanol–water partition coefficient (Wildman–Crippen LogP) is 17.7. The topological polar surface area (TPSA) is 38.7 Å². The Morgan fingerprint density at radius 2 is 1.19 bits per heavy atom. The summed E-state index contributed by atoms with van der Waals surface area (Å²) in [4.78, 5) is 4.47. The third kappa shape index (κ3) is 10.7. The molecule has 2 unspecified atom stereocenters. The second kappa shape index (κ2) is 20.4. The molecule has 8 aromatic rings. The van der Waals surface area contributed by atoms with E-state index >= 15 is 0 Å². The Hall–Kier alpha value is -1.09. The highest BCUT2D eigenvalue weighted by Crippen LogP contribution is 2.42. The molecule has 0 aliphatic carbocycles. The first kappa shape index (κ1) is 41.5. The molecule has 0 spiro atoms. The van der Waals surface area contributed by atoms with Crippen LogP contribution < -0.4 is 0 Å². The lowest BCUT2D eigenvalue weighted by molar-refractivity contribution is 0.452.